The van der Waals surface area contributed by atoms with Crippen LogP contribution in [0.25, 0.3) is 0 Å². The maximum Gasteiger partial charge on any atom is 0.573 e. The highest BCUT2D eigenvalue weighted by Crippen LogP contribution is 2.24. The second-order valence-electron chi connectivity index (χ2n) is 9.11. The summed E-state index contributed by atoms with van der Waals surface area (Å²) in [5.74, 6) is -1.02. The minimum absolute atomic E-state index is 0.0807. The van der Waals surface area contributed by atoms with Crippen molar-refractivity contribution < 1.29 is 37.7 Å². The summed E-state index contributed by atoms with van der Waals surface area (Å²) >= 11 is 5.61. The van der Waals surface area contributed by atoms with E-state index in [1.165, 1.54) is 35.9 Å². The van der Waals surface area contributed by atoms with Gasteiger partial charge in [-0.25, -0.2) is 0 Å². The Balaban J connectivity index is 0.000000895. The van der Waals surface area contributed by atoms with Gasteiger partial charge in [-0.05, 0) is 67.2 Å². The molecular formula is C31H39ClF3NO5. The molecule has 3 N–H and O–H groups in total. The lowest BCUT2D eigenvalue weighted by Gasteiger charge is -2.17. The number of ether oxygens (including phenoxy) is 2. The number of carboxylic acids is 1. The molecule has 0 heterocycles. The van der Waals surface area contributed by atoms with Gasteiger partial charge in [0.15, 0.2) is 0 Å². The lowest BCUT2D eigenvalue weighted by Crippen LogP contribution is -2.28. The molecule has 0 aliphatic heterocycles. The SMILES string of the molecule is C=C/C(=C\C=C\C(O)NCCC(=O)O)C(CCC)CCOCc1ccc(OC(F)(F)F)cc1.Cc1ccc(Cl)cc1. The van der Waals surface area contributed by atoms with Crippen LogP contribution in [0.2, 0.25) is 5.02 Å². The normalized spacial score (nSPS) is 13.3. The fraction of sp³-hybridized carbons (Fsp3) is 0.387. The van der Waals surface area contributed by atoms with E-state index in [1.807, 2.05) is 37.3 Å². The lowest BCUT2D eigenvalue weighted by atomic mass is 9.91. The number of halogens is 4. The summed E-state index contributed by atoms with van der Waals surface area (Å²) in [5.41, 5.74) is 2.97. The van der Waals surface area contributed by atoms with E-state index in [0.717, 1.165) is 35.4 Å². The van der Waals surface area contributed by atoms with E-state index < -0.39 is 18.6 Å². The fourth-order valence-corrected chi connectivity index (χ4v) is 3.73. The Morgan fingerprint density at radius 2 is 1.78 bits per heavy atom. The summed E-state index contributed by atoms with van der Waals surface area (Å²) in [6, 6.07) is 13.3. The number of carboxylic acid groups (broad SMARTS) is 1. The first-order valence-corrected chi connectivity index (χ1v) is 13.6. The molecule has 10 heteroatoms. The summed E-state index contributed by atoms with van der Waals surface area (Å²) in [6.45, 7) is 8.86. The molecule has 0 saturated carbocycles. The summed E-state index contributed by atoms with van der Waals surface area (Å²) in [6.07, 6.45) is 3.69. The van der Waals surface area contributed by atoms with Gasteiger partial charge in [0.05, 0.1) is 13.0 Å². The standard InChI is InChI=1S/C24H32F3NO5.C7H7Cl/c1-3-6-20(19(4-2)7-5-8-22(29)28-15-13-23(30)31)14-16-32-17-18-9-11-21(12-10-18)33-24(25,26)27;1-6-2-4-7(8)5-3-6/h4-5,7-12,20,22,28-29H,2-3,6,13-17H2,1H3,(H,30,31);2-5H,1H3/b8-5+,19-7+;. The van der Waals surface area contributed by atoms with Gasteiger partial charge in [-0.2, -0.15) is 0 Å². The number of hydrogen-bond acceptors (Lipinski definition) is 5. The Bertz CT molecular complexity index is 1070. The van der Waals surface area contributed by atoms with Gasteiger partial charge in [0.2, 0.25) is 0 Å². The Kier molecular flexibility index (Phi) is 17.4. The Hall–Kier alpha value is -3.11. The van der Waals surface area contributed by atoms with E-state index >= 15 is 0 Å². The van der Waals surface area contributed by atoms with Gasteiger partial charge in [-0.3, -0.25) is 10.1 Å². The maximum absolute atomic E-state index is 12.2. The van der Waals surface area contributed by atoms with Crippen molar-refractivity contribution in [2.75, 3.05) is 13.2 Å². The van der Waals surface area contributed by atoms with Crippen molar-refractivity contribution in [2.24, 2.45) is 5.92 Å². The first-order valence-electron chi connectivity index (χ1n) is 13.2. The second kappa shape index (κ2) is 19.9. The van der Waals surface area contributed by atoms with Crippen LogP contribution in [-0.4, -0.2) is 41.9 Å². The summed E-state index contributed by atoms with van der Waals surface area (Å²) < 4.78 is 46.2. The number of aliphatic carboxylic acids is 1. The molecule has 0 radical (unpaired) electrons. The topological polar surface area (TPSA) is 88.0 Å². The quantitative estimate of drug-likeness (QED) is 0.105. The van der Waals surface area contributed by atoms with Crippen LogP contribution in [0, 0.1) is 12.8 Å². The highest BCUT2D eigenvalue weighted by Gasteiger charge is 2.30. The van der Waals surface area contributed by atoms with E-state index in [4.69, 9.17) is 21.4 Å². The Labute approximate surface area is 245 Å². The number of allylic oxidation sites excluding steroid dienone is 4. The van der Waals surface area contributed by atoms with Gasteiger partial charge in [0.25, 0.3) is 0 Å². The number of aliphatic hydroxyl groups excluding tert-OH is 1. The number of alkyl halides is 3. The Morgan fingerprint density at radius 1 is 1.12 bits per heavy atom. The number of carbonyl (C=O) groups is 1. The minimum Gasteiger partial charge on any atom is -0.481 e. The van der Waals surface area contributed by atoms with Crippen molar-refractivity contribution in [3.05, 3.63) is 101 Å². The van der Waals surface area contributed by atoms with E-state index in [1.54, 1.807) is 12.2 Å². The molecule has 0 amide bonds. The number of hydrogen-bond donors (Lipinski definition) is 3. The molecule has 0 aliphatic rings. The molecule has 2 unspecified atom stereocenters. The second-order valence-corrected chi connectivity index (χ2v) is 9.55. The van der Waals surface area contributed by atoms with Crippen molar-refractivity contribution >= 4 is 17.6 Å². The molecule has 226 valence electrons. The van der Waals surface area contributed by atoms with Crippen LogP contribution >= 0.6 is 11.6 Å². The largest absolute Gasteiger partial charge is 0.573 e. The predicted molar refractivity (Wildman–Crippen MR) is 156 cm³/mol. The van der Waals surface area contributed by atoms with E-state index in [-0.39, 0.29) is 31.2 Å². The molecule has 2 rings (SSSR count). The lowest BCUT2D eigenvalue weighted by molar-refractivity contribution is -0.274. The van der Waals surface area contributed by atoms with Crippen molar-refractivity contribution in [2.45, 2.75) is 58.7 Å². The van der Waals surface area contributed by atoms with Crippen LogP contribution in [0.4, 0.5) is 13.2 Å². The van der Waals surface area contributed by atoms with E-state index in [2.05, 4.69) is 23.6 Å². The molecule has 6 nitrogen and oxygen atoms in total. The van der Waals surface area contributed by atoms with Gasteiger partial charge >= 0.3 is 12.3 Å². The van der Waals surface area contributed by atoms with Crippen molar-refractivity contribution in [1.29, 1.82) is 0 Å². The molecule has 41 heavy (non-hydrogen) atoms. The molecule has 2 aromatic rings. The number of aryl methyl sites for hydroxylation is 1. The van der Waals surface area contributed by atoms with Gasteiger partial charge < -0.3 is 19.7 Å². The molecule has 0 spiro atoms. The molecule has 0 aromatic heterocycles. The van der Waals surface area contributed by atoms with E-state index in [0.29, 0.717) is 6.61 Å². The molecule has 0 aliphatic carbocycles. The third-order valence-electron chi connectivity index (χ3n) is 5.67. The fourth-order valence-electron chi connectivity index (χ4n) is 3.60. The average Bonchev–Trinajstić information content (AvgIpc) is 2.90. The van der Waals surface area contributed by atoms with Gasteiger partial charge in [0.1, 0.15) is 12.0 Å². The highest BCUT2D eigenvalue weighted by atomic mass is 35.5. The van der Waals surface area contributed by atoms with Gasteiger partial charge in [-0.15, -0.1) is 13.2 Å². The molecule has 2 atom stereocenters. The zero-order valence-electron chi connectivity index (χ0n) is 23.4. The van der Waals surface area contributed by atoms with Crippen LogP contribution in [0.1, 0.15) is 43.7 Å². The monoisotopic (exact) mass is 597 g/mol. The number of aliphatic hydroxyl groups is 1. The van der Waals surface area contributed by atoms with Crippen molar-refractivity contribution in [3.63, 3.8) is 0 Å². The first kappa shape index (κ1) is 35.9. The van der Waals surface area contributed by atoms with Crippen LogP contribution in [0.3, 0.4) is 0 Å². The number of benzene rings is 2. The maximum atomic E-state index is 12.2. The van der Waals surface area contributed by atoms with Crippen molar-refractivity contribution in [3.8, 4) is 5.75 Å². The van der Waals surface area contributed by atoms with Gasteiger partial charge in [0, 0.05) is 18.2 Å². The molecule has 0 bridgehead atoms. The summed E-state index contributed by atoms with van der Waals surface area (Å²) in [5, 5.41) is 21.9. The average molecular weight is 598 g/mol. The Morgan fingerprint density at radius 3 is 2.32 bits per heavy atom. The van der Waals surface area contributed by atoms with E-state index in [9.17, 15) is 23.1 Å². The smallest absolute Gasteiger partial charge is 0.481 e. The highest BCUT2D eigenvalue weighted by molar-refractivity contribution is 6.30. The predicted octanol–water partition coefficient (Wildman–Crippen LogP) is 7.61. The zero-order valence-corrected chi connectivity index (χ0v) is 24.1. The first-order chi connectivity index (χ1) is 19.4. The molecule has 0 saturated heterocycles. The summed E-state index contributed by atoms with van der Waals surface area (Å²) in [4.78, 5) is 10.5. The minimum atomic E-state index is -4.72. The van der Waals surface area contributed by atoms with Crippen LogP contribution in [0.15, 0.2) is 85.0 Å². The van der Waals surface area contributed by atoms with Crippen LogP contribution < -0.4 is 10.1 Å². The van der Waals surface area contributed by atoms with Crippen LogP contribution in [0.5, 0.6) is 5.75 Å². The van der Waals surface area contributed by atoms with Gasteiger partial charge in [-0.1, -0.05) is 79.6 Å². The third-order valence-corrected chi connectivity index (χ3v) is 5.92. The number of rotatable bonds is 16. The van der Waals surface area contributed by atoms with Crippen LogP contribution in [-0.2, 0) is 16.1 Å². The third kappa shape index (κ3) is 18.0. The molecular weight excluding hydrogens is 559 g/mol. The summed E-state index contributed by atoms with van der Waals surface area (Å²) in [7, 11) is 0. The zero-order chi connectivity index (χ0) is 30.7. The van der Waals surface area contributed by atoms with Crippen molar-refractivity contribution in [1.82, 2.24) is 5.32 Å². The number of nitrogens with one attached hydrogen (secondary N) is 1. The molecule has 0 fully saturated rings. The molecule has 2 aromatic carbocycles.